The number of nitrogens with one attached hydrogen (secondary N) is 1. The zero-order valence-electron chi connectivity index (χ0n) is 11.5. The third-order valence-electron chi connectivity index (χ3n) is 2.82. The van der Waals surface area contributed by atoms with Gasteiger partial charge in [-0.05, 0) is 6.92 Å². The predicted molar refractivity (Wildman–Crippen MR) is 69.4 cm³/mol. The average molecular weight is 304 g/mol. The number of anilines is 1. The Labute approximate surface area is 119 Å². The molecule has 0 radical (unpaired) electrons. The summed E-state index contributed by atoms with van der Waals surface area (Å²) in [7, 11) is 0. The number of hydrogen-bond acceptors (Lipinski definition) is 2. The van der Waals surface area contributed by atoms with E-state index in [1.165, 1.54) is 6.92 Å². The maximum atomic E-state index is 13.4. The van der Waals surface area contributed by atoms with Gasteiger partial charge in [0.15, 0.2) is 11.6 Å². The first-order valence-electron chi connectivity index (χ1n) is 6.19. The third kappa shape index (κ3) is 4.37. The fourth-order valence-electron chi connectivity index (χ4n) is 1.61. The van der Waals surface area contributed by atoms with Crippen molar-refractivity contribution in [2.75, 3.05) is 18.4 Å². The molecule has 8 heteroatoms. The molecule has 0 heterocycles. The van der Waals surface area contributed by atoms with E-state index < -0.39 is 41.1 Å². The molecule has 116 valence electrons. The van der Waals surface area contributed by atoms with Crippen LogP contribution in [0.2, 0.25) is 0 Å². The molecule has 0 bridgehead atoms. The van der Waals surface area contributed by atoms with Crippen LogP contribution in [0.25, 0.3) is 0 Å². The number of hydrogen-bond donors (Lipinski definition) is 2. The van der Waals surface area contributed by atoms with Crippen LogP contribution in [0.5, 0.6) is 0 Å². The van der Waals surface area contributed by atoms with Crippen molar-refractivity contribution >= 4 is 17.7 Å². The molecule has 1 aromatic rings. The van der Waals surface area contributed by atoms with Crippen LogP contribution in [0.1, 0.15) is 13.8 Å². The second kappa shape index (κ2) is 6.96. The Kier molecular flexibility index (Phi) is 5.57. The summed E-state index contributed by atoms with van der Waals surface area (Å²) in [5.74, 6) is -5.76. The quantitative estimate of drug-likeness (QED) is 0.822. The van der Waals surface area contributed by atoms with Gasteiger partial charge in [-0.1, -0.05) is 6.92 Å². The fraction of sp³-hybridized carbons (Fsp3) is 0.385. The molecule has 0 aliphatic heterocycles. The highest BCUT2D eigenvalue weighted by atomic mass is 19.2. The number of aliphatic carboxylic acids is 1. The van der Waals surface area contributed by atoms with Crippen LogP contribution in [0.15, 0.2) is 12.1 Å². The van der Waals surface area contributed by atoms with Crippen molar-refractivity contribution in [3.05, 3.63) is 29.6 Å². The van der Waals surface area contributed by atoms with Crippen molar-refractivity contribution < 1.29 is 27.9 Å². The predicted octanol–water partition coefficient (Wildman–Crippen LogP) is 2.68. The van der Waals surface area contributed by atoms with Crippen molar-refractivity contribution in [3.8, 4) is 0 Å². The normalized spacial score (nSPS) is 11.9. The first-order chi connectivity index (χ1) is 9.76. The Morgan fingerprint density at radius 2 is 1.95 bits per heavy atom. The summed E-state index contributed by atoms with van der Waals surface area (Å²) in [4.78, 5) is 23.7. The van der Waals surface area contributed by atoms with Crippen LogP contribution in [0.4, 0.5) is 23.7 Å². The van der Waals surface area contributed by atoms with Crippen molar-refractivity contribution in [3.63, 3.8) is 0 Å². The molecule has 1 rings (SSSR count). The fourth-order valence-corrected chi connectivity index (χ4v) is 1.61. The molecule has 1 unspecified atom stereocenters. The van der Waals surface area contributed by atoms with Gasteiger partial charge in [0, 0.05) is 25.2 Å². The SMILES string of the molecule is CCN(CC(C)C(=O)O)C(=O)Nc1cc(F)cc(F)c1F. The Balaban J connectivity index is 2.86. The van der Waals surface area contributed by atoms with Crippen molar-refractivity contribution in [2.45, 2.75) is 13.8 Å². The molecular formula is C13H15F3N2O3. The molecular weight excluding hydrogens is 289 g/mol. The summed E-state index contributed by atoms with van der Waals surface area (Å²) in [5.41, 5.74) is -0.640. The maximum Gasteiger partial charge on any atom is 0.321 e. The van der Waals surface area contributed by atoms with Gasteiger partial charge in [-0.15, -0.1) is 0 Å². The highest BCUT2D eigenvalue weighted by molar-refractivity contribution is 5.89. The molecule has 1 atom stereocenters. The maximum absolute atomic E-state index is 13.4. The van der Waals surface area contributed by atoms with E-state index in [0.717, 1.165) is 4.90 Å². The number of amides is 2. The molecule has 0 aromatic heterocycles. The number of benzene rings is 1. The van der Waals surface area contributed by atoms with E-state index in [4.69, 9.17) is 5.11 Å². The van der Waals surface area contributed by atoms with E-state index in [2.05, 4.69) is 0 Å². The number of carboxylic acid groups (broad SMARTS) is 1. The van der Waals surface area contributed by atoms with Gasteiger partial charge in [0.05, 0.1) is 11.6 Å². The lowest BCUT2D eigenvalue weighted by atomic mass is 10.2. The Bertz CT molecular complexity index is 552. The van der Waals surface area contributed by atoms with Gasteiger partial charge in [0.2, 0.25) is 0 Å². The lowest BCUT2D eigenvalue weighted by Gasteiger charge is -2.23. The van der Waals surface area contributed by atoms with Crippen LogP contribution in [-0.2, 0) is 4.79 Å². The minimum Gasteiger partial charge on any atom is -0.481 e. The van der Waals surface area contributed by atoms with E-state index in [9.17, 15) is 22.8 Å². The summed E-state index contributed by atoms with van der Waals surface area (Å²) in [6, 6.07) is 0.161. The zero-order valence-corrected chi connectivity index (χ0v) is 11.5. The monoisotopic (exact) mass is 304 g/mol. The molecule has 1 aromatic carbocycles. The highest BCUT2D eigenvalue weighted by Gasteiger charge is 2.21. The van der Waals surface area contributed by atoms with E-state index in [1.54, 1.807) is 6.92 Å². The minimum atomic E-state index is -1.42. The Morgan fingerprint density at radius 1 is 1.33 bits per heavy atom. The standard InChI is InChI=1S/C13H15F3N2O3/c1-3-18(6-7(2)12(19)20)13(21)17-10-5-8(14)4-9(15)11(10)16/h4-5,7H,3,6H2,1-2H3,(H,17,21)(H,19,20). The largest absolute Gasteiger partial charge is 0.481 e. The molecule has 21 heavy (non-hydrogen) atoms. The molecule has 0 aliphatic rings. The first kappa shape index (κ1) is 16.8. The van der Waals surface area contributed by atoms with Gasteiger partial charge in [0.25, 0.3) is 0 Å². The van der Waals surface area contributed by atoms with E-state index in [1.807, 2.05) is 5.32 Å². The average Bonchev–Trinajstić information content (AvgIpc) is 2.40. The van der Waals surface area contributed by atoms with Gasteiger partial charge in [-0.25, -0.2) is 18.0 Å². The van der Waals surface area contributed by atoms with Gasteiger partial charge in [-0.3, -0.25) is 4.79 Å². The van der Waals surface area contributed by atoms with Crippen LogP contribution in [0, 0.1) is 23.4 Å². The van der Waals surface area contributed by atoms with Gasteiger partial charge in [-0.2, -0.15) is 0 Å². The van der Waals surface area contributed by atoms with Crippen LogP contribution in [0.3, 0.4) is 0 Å². The molecule has 0 fully saturated rings. The Morgan fingerprint density at radius 3 is 2.48 bits per heavy atom. The first-order valence-corrected chi connectivity index (χ1v) is 6.19. The number of carbonyl (C=O) groups excluding carboxylic acids is 1. The van der Waals surface area contributed by atoms with E-state index in [-0.39, 0.29) is 13.1 Å². The van der Waals surface area contributed by atoms with Crippen LogP contribution < -0.4 is 5.32 Å². The molecule has 0 saturated carbocycles. The number of nitrogens with zero attached hydrogens (tertiary/aromatic N) is 1. The molecule has 0 spiro atoms. The summed E-state index contributed by atoms with van der Waals surface area (Å²) >= 11 is 0. The second-order valence-electron chi connectivity index (χ2n) is 4.46. The van der Waals surface area contributed by atoms with Gasteiger partial charge in [0.1, 0.15) is 5.82 Å². The number of rotatable bonds is 5. The number of carbonyl (C=O) groups is 2. The van der Waals surface area contributed by atoms with Gasteiger partial charge >= 0.3 is 12.0 Å². The van der Waals surface area contributed by atoms with E-state index in [0.29, 0.717) is 12.1 Å². The summed E-state index contributed by atoms with van der Waals surface area (Å²) in [6.07, 6.45) is 0. The zero-order chi connectivity index (χ0) is 16.2. The molecule has 5 nitrogen and oxygen atoms in total. The highest BCUT2D eigenvalue weighted by Crippen LogP contribution is 2.19. The molecule has 0 aliphatic carbocycles. The number of halogens is 3. The smallest absolute Gasteiger partial charge is 0.321 e. The van der Waals surface area contributed by atoms with Crippen LogP contribution in [-0.4, -0.2) is 35.1 Å². The van der Waals surface area contributed by atoms with Gasteiger partial charge < -0.3 is 15.3 Å². The van der Waals surface area contributed by atoms with Crippen molar-refractivity contribution in [1.29, 1.82) is 0 Å². The van der Waals surface area contributed by atoms with Crippen molar-refractivity contribution in [2.24, 2.45) is 5.92 Å². The third-order valence-corrected chi connectivity index (χ3v) is 2.82. The molecule has 0 saturated heterocycles. The second-order valence-corrected chi connectivity index (χ2v) is 4.46. The summed E-state index contributed by atoms with van der Waals surface area (Å²) in [6.45, 7) is 3.04. The van der Waals surface area contributed by atoms with E-state index >= 15 is 0 Å². The van der Waals surface area contributed by atoms with Crippen LogP contribution >= 0.6 is 0 Å². The number of urea groups is 1. The summed E-state index contributed by atoms with van der Waals surface area (Å²) in [5, 5.41) is 10.8. The lowest BCUT2D eigenvalue weighted by molar-refractivity contribution is -0.141. The Hall–Kier alpha value is -2.25. The molecule has 2 N–H and O–H groups in total. The lowest BCUT2D eigenvalue weighted by Crippen LogP contribution is -2.39. The topological polar surface area (TPSA) is 69.6 Å². The minimum absolute atomic E-state index is 0.114. The molecule has 2 amide bonds. The summed E-state index contributed by atoms with van der Waals surface area (Å²) < 4.78 is 39.5. The van der Waals surface area contributed by atoms with Crippen molar-refractivity contribution in [1.82, 2.24) is 4.90 Å². The number of carboxylic acids is 1.